The summed E-state index contributed by atoms with van der Waals surface area (Å²) in [4.78, 5) is 14.7. The fourth-order valence-electron chi connectivity index (χ4n) is 3.94. The molecule has 0 bridgehead atoms. The van der Waals surface area contributed by atoms with E-state index in [1.165, 1.54) is 16.3 Å². The molecule has 0 saturated heterocycles. The molecule has 2 aromatic rings. The maximum atomic E-state index is 13.4. The van der Waals surface area contributed by atoms with Crippen LogP contribution in [-0.2, 0) is 14.8 Å². The van der Waals surface area contributed by atoms with Gasteiger partial charge in [-0.25, -0.2) is 8.42 Å². The number of ether oxygens (including phenoxy) is 3. The number of methoxy groups -OCH3 is 1. The molecule has 0 radical (unpaired) electrons. The normalized spacial score (nSPS) is 15.6. The average Bonchev–Trinajstić information content (AvgIpc) is 3.32. The smallest absolute Gasteiger partial charge is 0.253 e. The SMILES string of the molecule is CO[C@H](CN(C)C(=O)c1ccc2c(c1)OCO2)[C@H](C)CN([C@@H](C)CO)S(=O)(=O)c1ccc(C)cc1. The number of aliphatic hydroxyl groups is 1. The molecule has 2 aromatic carbocycles. The van der Waals surface area contributed by atoms with E-state index in [0.717, 1.165) is 5.56 Å². The third-order valence-electron chi connectivity index (χ3n) is 6.21. The number of likely N-dealkylation sites (N-methyl/N-ethyl adjacent to an activating group) is 1. The summed E-state index contributed by atoms with van der Waals surface area (Å²) in [5.74, 6) is 0.628. The van der Waals surface area contributed by atoms with Crippen molar-refractivity contribution >= 4 is 15.9 Å². The number of carbonyl (C=O) groups excluding carboxylic acids is 1. The van der Waals surface area contributed by atoms with Crippen molar-refractivity contribution in [2.45, 2.75) is 37.8 Å². The van der Waals surface area contributed by atoms with Crippen molar-refractivity contribution in [1.29, 1.82) is 0 Å². The molecule has 0 aromatic heterocycles. The van der Waals surface area contributed by atoms with E-state index >= 15 is 0 Å². The first-order valence-corrected chi connectivity index (χ1v) is 12.9. The van der Waals surface area contributed by atoms with Crippen LogP contribution in [0.1, 0.15) is 29.8 Å². The second kappa shape index (κ2) is 11.4. The highest BCUT2D eigenvalue weighted by Gasteiger charge is 2.33. The van der Waals surface area contributed by atoms with Crippen LogP contribution in [0.2, 0.25) is 0 Å². The van der Waals surface area contributed by atoms with Gasteiger partial charge in [-0.15, -0.1) is 0 Å². The lowest BCUT2D eigenvalue weighted by Crippen LogP contribution is -2.47. The molecule has 3 rings (SSSR count). The highest BCUT2D eigenvalue weighted by Crippen LogP contribution is 2.33. The van der Waals surface area contributed by atoms with Crippen molar-refractivity contribution < 1.29 is 32.5 Å². The molecule has 1 amide bonds. The Kier molecular flexibility index (Phi) is 8.76. The number of hydrogen-bond donors (Lipinski definition) is 1. The van der Waals surface area contributed by atoms with Crippen molar-refractivity contribution in [2.75, 3.05) is 40.6 Å². The summed E-state index contributed by atoms with van der Waals surface area (Å²) in [6.07, 6.45) is -0.445. The lowest BCUT2D eigenvalue weighted by Gasteiger charge is -2.33. The van der Waals surface area contributed by atoms with E-state index in [4.69, 9.17) is 14.2 Å². The van der Waals surface area contributed by atoms with E-state index in [0.29, 0.717) is 17.1 Å². The minimum atomic E-state index is -3.85. The third-order valence-corrected chi connectivity index (χ3v) is 8.20. The zero-order chi connectivity index (χ0) is 25.8. The van der Waals surface area contributed by atoms with Crippen molar-refractivity contribution in [2.24, 2.45) is 5.92 Å². The van der Waals surface area contributed by atoms with Gasteiger partial charge in [0, 0.05) is 38.9 Å². The van der Waals surface area contributed by atoms with E-state index in [9.17, 15) is 18.3 Å². The van der Waals surface area contributed by atoms with Gasteiger partial charge in [0.15, 0.2) is 11.5 Å². The maximum absolute atomic E-state index is 13.4. The Morgan fingerprint density at radius 2 is 1.74 bits per heavy atom. The summed E-state index contributed by atoms with van der Waals surface area (Å²) < 4.78 is 44.4. The number of aliphatic hydroxyl groups excluding tert-OH is 1. The molecule has 9 nitrogen and oxygen atoms in total. The molecule has 35 heavy (non-hydrogen) atoms. The Bertz CT molecular complexity index is 1120. The van der Waals surface area contributed by atoms with E-state index in [-0.39, 0.29) is 43.2 Å². The first-order chi connectivity index (χ1) is 16.6. The van der Waals surface area contributed by atoms with Crippen LogP contribution in [-0.4, -0.2) is 81.4 Å². The van der Waals surface area contributed by atoms with Crippen molar-refractivity contribution in [3.8, 4) is 11.5 Å². The van der Waals surface area contributed by atoms with Crippen molar-refractivity contribution in [3.63, 3.8) is 0 Å². The van der Waals surface area contributed by atoms with Crippen LogP contribution in [0, 0.1) is 12.8 Å². The second-order valence-electron chi connectivity index (χ2n) is 8.92. The Balaban J connectivity index is 1.73. The van der Waals surface area contributed by atoms with Crippen LogP contribution in [0.3, 0.4) is 0 Å². The van der Waals surface area contributed by atoms with Gasteiger partial charge in [0.2, 0.25) is 16.8 Å². The Morgan fingerprint density at radius 1 is 1.09 bits per heavy atom. The molecule has 0 saturated carbocycles. The maximum Gasteiger partial charge on any atom is 0.253 e. The monoisotopic (exact) mass is 506 g/mol. The minimum absolute atomic E-state index is 0.114. The summed E-state index contributed by atoms with van der Waals surface area (Å²) in [5, 5.41) is 9.77. The largest absolute Gasteiger partial charge is 0.454 e. The number of nitrogens with zero attached hydrogens (tertiary/aromatic N) is 2. The number of carbonyl (C=O) groups is 1. The summed E-state index contributed by atoms with van der Waals surface area (Å²) in [6, 6.07) is 11.0. The van der Waals surface area contributed by atoms with Crippen molar-refractivity contribution in [1.82, 2.24) is 9.21 Å². The average molecular weight is 507 g/mol. The number of amides is 1. The van der Waals surface area contributed by atoms with Gasteiger partial charge < -0.3 is 24.2 Å². The number of hydrogen-bond acceptors (Lipinski definition) is 7. The van der Waals surface area contributed by atoms with Gasteiger partial charge >= 0.3 is 0 Å². The predicted octanol–water partition coefficient (Wildman–Crippen LogP) is 2.52. The van der Waals surface area contributed by atoms with E-state index in [1.54, 1.807) is 56.4 Å². The first kappa shape index (κ1) is 26.9. The standard InChI is InChI=1S/C25H34N2O7S/c1-17-6-9-21(10-7-17)35(30,31)27(19(3)15-28)13-18(2)24(32-5)14-26(4)25(29)20-8-11-22-23(12-20)34-16-33-22/h6-12,18-19,24,28H,13-16H2,1-5H3/t18-,19+,24-/m1/s1. The summed E-state index contributed by atoms with van der Waals surface area (Å²) in [7, 11) is -0.643. The van der Waals surface area contributed by atoms with E-state index < -0.39 is 22.2 Å². The van der Waals surface area contributed by atoms with Gasteiger partial charge in [-0.3, -0.25) is 4.79 Å². The van der Waals surface area contributed by atoms with Gasteiger partial charge in [0.25, 0.3) is 5.91 Å². The topological polar surface area (TPSA) is 106 Å². The molecule has 1 heterocycles. The lowest BCUT2D eigenvalue weighted by atomic mass is 10.0. The first-order valence-electron chi connectivity index (χ1n) is 11.5. The zero-order valence-electron chi connectivity index (χ0n) is 20.8. The molecule has 1 aliphatic rings. The number of rotatable bonds is 11. The highest BCUT2D eigenvalue weighted by atomic mass is 32.2. The summed E-state index contributed by atoms with van der Waals surface area (Å²) >= 11 is 0. The summed E-state index contributed by atoms with van der Waals surface area (Å²) in [6.45, 7) is 5.58. The third kappa shape index (κ3) is 6.13. The number of fused-ring (bicyclic) bond motifs is 1. The van der Waals surface area contributed by atoms with E-state index in [2.05, 4.69) is 0 Å². The fraction of sp³-hybridized carbons (Fsp3) is 0.480. The van der Waals surface area contributed by atoms with Gasteiger partial charge in [-0.1, -0.05) is 24.6 Å². The van der Waals surface area contributed by atoms with Crippen LogP contribution < -0.4 is 9.47 Å². The molecular weight excluding hydrogens is 472 g/mol. The summed E-state index contributed by atoms with van der Waals surface area (Å²) in [5.41, 5.74) is 1.41. The predicted molar refractivity (Wildman–Crippen MR) is 131 cm³/mol. The molecule has 3 atom stereocenters. The Labute approximate surface area is 207 Å². The quantitative estimate of drug-likeness (QED) is 0.499. The number of benzene rings is 2. The Hall–Kier alpha value is -2.66. The fourth-order valence-corrected chi connectivity index (χ4v) is 5.67. The van der Waals surface area contributed by atoms with Gasteiger partial charge in [0.05, 0.1) is 17.6 Å². The van der Waals surface area contributed by atoms with Crippen molar-refractivity contribution in [3.05, 3.63) is 53.6 Å². The van der Waals surface area contributed by atoms with Crippen LogP contribution in [0.4, 0.5) is 0 Å². The van der Waals surface area contributed by atoms with Crippen LogP contribution in [0.15, 0.2) is 47.4 Å². The number of aryl methyl sites for hydroxylation is 1. The van der Waals surface area contributed by atoms with Crippen LogP contribution in [0.25, 0.3) is 0 Å². The van der Waals surface area contributed by atoms with Gasteiger partial charge in [-0.2, -0.15) is 4.31 Å². The van der Waals surface area contributed by atoms with E-state index in [1.807, 2.05) is 13.8 Å². The zero-order valence-corrected chi connectivity index (χ0v) is 21.6. The lowest BCUT2D eigenvalue weighted by molar-refractivity contribution is 0.0221. The molecule has 0 aliphatic carbocycles. The molecule has 1 N–H and O–H groups in total. The Morgan fingerprint density at radius 3 is 2.37 bits per heavy atom. The molecule has 1 aliphatic heterocycles. The van der Waals surface area contributed by atoms with Crippen LogP contribution >= 0.6 is 0 Å². The minimum Gasteiger partial charge on any atom is -0.454 e. The van der Waals surface area contributed by atoms with Crippen LogP contribution in [0.5, 0.6) is 11.5 Å². The molecule has 0 unspecified atom stereocenters. The molecular formula is C25H34N2O7S. The molecule has 0 fully saturated rings. The molecule has 10 heteroatoms. The highest BCUT2D eigenvalue weighted by molar-refractivity contribution is 7.89. The second-order valence-corrected chi connectivity index (χ2v) is 10.8. The molecule has 0 spiro atoms. The van der Waals surface area contributed by atoms with Gasteiger partial charge in [-0.05, 0) is 50.1 Å². The molecule has 192 valence electrons. The van der Waals surface area contributed by atoms with Gasteiger partial charge in [0.1, 0.15) is 0 Å². The number of sulfonamides is 1.